The van der Waals surface area contributed by atoms with Crippen molar-refractivity contribution in [3.05, 3.63) is 12.2 Å². The van der Waals surface area contributed by atoms with Gasteiger partial charge in [0.15, 0.2) is 0 Å². The number of carbonyl (C=O) groups excluding carboxylic acids is 2. The number of unbranched alkanes of at least 4 members (excludes halogenated alkanes) is 27. The van der Waals surface area contributed by atoms with Crippen LogP contribution in [-0.4, -0.2) is 42.1 Å². The summed E-state index contributed by atoms with van der Waals surface area (Å²) in [7, 11) is 0. The van der Waals surface area contributed by atoms with Gasteiger partial charge in [0.05, 0.1) is 0 Å². The second kappa shape index (κ2) is 35.3. The van der Waals surface area contributed by atoms with Crippen LogP contribution in [0.1, 0.15) is 227 Å². The van der Waals surface area contributed by atoms with Crippen LogP contribution in [0.15, 0.2) is 12.2 Å². The Morgan fingerprint density at radius 2 is 0.812 bits per heavy atom. The van der Waals surface area contributed by atoms with Crippen molar-refractivity contribution in [2.75, 3.05) is 19.6 Å². The lowest BCUT2D eigenvalue weighted by molar-refractivity contribution is -0.130. The van der Waals surface area contributed by atoms with Crippen LogP contribution in [0.2, 0.25) is 0 Å². The molecule has 5 nitrogen and oxygen atoms in total. The molecule has 0 heterocycles. The van der Waals surface area contributed by atoms with Gasteiger partial charge < -0.3 is 15.0 Å². The number of allylic oxidation sites excluding steroid dienone is 2. The van der Waals surface area contributed by atoms with Crippen LogP contribution >= 0.6 is 0 Å². The lowest BCUT2D eigenvalue weighted by atomic mass is 10.0. The lowest BCUT2D eigenvalue weighted by Gasteiger charge is -2.24. The average Bonchev–Trinajstić information content (AvgIpc) is 3.05. The molecule has 0 aliphatic heterocycles. The summed E-state index contributed by atoms with van der Waals surface area (Å²) in [6.07, 6.45) is 43.8. The Morgan fingerprint density at radius 1 is 0.500 bits per heavy atom. The normalized spacial score (nSPS) is 11.8. The molecule has 5 heteroatoms. The first-order chi connectivity index (χ1) is 23.3. The van der Waals surface area contributed by atoms with Gasteiger partial charge in [-0.3, -0.25) is 4.79 Å². The maximum atomic E-state index is 13.0. The van der Waals surface area contributed by atoms with Gasteiger partial charge in [0.2, 0.25) is 5.91 Å². The van der Waals surface area contributed by atoms with Crippen molar-refractivity contribution < 1.29 is 14.3 Å². The Morgan fingerprint density at radius 3 is 1.15 bits per heavy atom. The van der Waals surface area contributed by atoms with Crippen LogP contribution in [0, 0.1) is 0 Å². The van der Waals surface area contributed by atoms with Crippen LogP contribution in [0.25, 0.3) is 0 Å². The minimum atomic E-state index is -0.565. The van der Waals surface area contributed by atoms with Crippen molar-refractivity contribution in [1.29, 1.82) is 0 Å². The molecule has 2 amide bonds. The summed E-state index contributed by atoms with van der Waals surface area (Å²) < 4.78 is 5.33. The zero-order valence-corrected chi connectivity index (χ0v) is 33.2. The van der Waals surface area contributed by atoms with Gasteiger partial charge in [-0.2, -0.15) is 0 Å². The van der Waals surface area contributed by atoms with E-state index in [1.807, 2.05) is 25.7 Å². The maximum Gasteiger partial charge on any atom is 0.408 e. The van der Waals surface area contributed by atoms with Gasteiger partial charge >= 0.3 is 6.09 Å². The molecule has 0 spiro atoms. The van der Waals surface area contributed by atoms with Gasteiger partial charge in [0, 0.05) is 13.1 Å². The van der Waals surface area contributed by atoms with E-state index >= 15 is 0 Å². The van der Waals surface area contributed by atoms with E-state index in [1.54, 1.807) is 0 Å². The third-order valence-corrected chi connectivity index (χ3v) is 9.36. The Kier molecular flexibility index (Phi) is 34.2. The molecular formula is C43H84N2O3. The van der Waals surface area contributed by atoms with Crippen molar-refractivity contribution in [3.63, 3.8) is 0 Å². The summed E-state index contributed by atoms with van der Waals surface area (Å²) >= 11 is 0. The first-order valence-electron chi connectivity index (χ1n) is 21.2. The molecule has 0 fully saturated rings. The molecular weight excluding hydrogens is 592 g/mol. The number of amides is 2. The fraction of sp³-hybridized carbons (Fsp3) is 0.907. The van der Waals surface area contributed by atoms with Gasteiger partial charge in [-0.1, -0.05) is 180 Å². The molecule has 48 heavy (non-hydrogen) atoms. The zero-order chi connectivity index (χ0) is 35.4. The van der Waals surface area contributed by atoms with Crippen LogP contribution in [0.5, 0.6) is 0 Å². The minimum Gasteiger partial charge on any atom is -0.444 e. The number of nitrogens with one attached hydrogen (secondary N) is 1. The second-order valence-electron chi connectivity index (χ2n) is 15.5. The van der Waals surface area contributed by atoms with Crippen molar-refractivity contribution in [3.8, 4) is 0 Å². The number of ether oxygens (including phenoxy) is 1. The van der Waals surface area contributed by atoms with Crippen LogP contribution in [0.4, 0.5) is 4.79 Å². The standard InChI is InChI=1S/C43H84N2O3/c1-6-8-10-12-14-16-18-20-22-24-26-28-30-32-34-36-38-45(41(46)40-44-42(47)48-43(3,4)5)39-37-35-33-31-29-27-25-23-21-19-17-15-13-11-9-7-2/h20,22H,6-19,21,23-40H2,1-5H3,(H,44,47). The molecule has 284 valence electrons. The zero-order valence-electron chi connectivity index (χ0n) is 33.2. The van der Waals surface area contributed by atoms with Crippen molar-refractivity contribution in [2.24, 2.45) is 0 Å². The fourth-order valence-electron chi connectivity index (χ4n) is 6.34. The molecule has 0 saturated carbocycles. The molecule has 1 N–H and O–H groups in total. The van der Waals surface area contributed by atoms with Crippen LogP contribution < -0.4 is 5.32 Å². The monoisotopic (exact) mass is 677 g/mol. The minimum absolute atomic E-state index is 0.00886. The number of carbonyl (C=O) groups is 2. The summed E-state index contributed by atoms with van der Waals surface area (Å²) in [5.74, 6) is 0.00886. The first kappa shape index (κ1) is 46.5. The molecule has 0 aliphatic carbocycles. The van der Waals surface area contributed by atoms with E-state index in [2.05, 4.69) is 31.3 Å². The number of nitrogens with zero attached hydrogens (tertiary/aromatic N) is 1. The van der Waals surface area contributed by atoms with E-state index in [9.17, 15) is 9.59 Å². The highest BCUT2D eigenvalue weighted by Crippen LogP contribution is 2.15. The molecule has 0 unspecified atom stereocenters. The number of hydrogen-bond donors (Lipinski definition) is 1. The Hall–Kier alpha value is -1.52. The van der Waals surface area contributed by atoms with Gasteiger partial charge in [0.25, 0.3) is 0 Å². The summed E-state index contributed by atoms with van der Waals surface area (Å²) in [6, 6.07) is 0. The quantitative estimate of drug-likeness (QED) is 0.0537. The van der Waals surface area contributed by atoms with Crippen molar-refractivity contribution in [1.82, 2.24) is 10.2 Å². The van der Waals surface area contributed by atoms with E-state index in [0.29, 0.717) is 0 Å². The second-order valence-corrected chi connectivity index (χ2v) is 15.5. The predicted octanol–water partition coefficient (Wildman–Crippen LogP) is 13.6. The van der Waals surface area contributed by atoms with E-state index < -0.39 is 11.7 Å². The maximum absolute atomic E-state index is 13.0. The summed E-state index contributed by atoms with van der Waals surface area (Å²) in [5.41, 5.74) is -0.565. The molecule has 0 aromatic heterocycles. The number of rotatable bonds is 35. The molecule has 0 aromatic rings. The first-order valence-corrected chi connectivity index (χ1v) is 21.2. The van der Waals surface area contributed by atoms with E-state index in [1.165, 1.54) is 173 Å². The highest BCUT2D eigenvalue weighted by molar-refractivity contribution is 5.82. The third-order valence-electron chi connectivity index (χ3n) is 9.36. The van der Waals surface area contributed by atoms with Crippen molar-refractivity contribution >= 4 is 12.0 Å². The SMILES string of the molecule is CCCCCCCCC=CCCCCCCCCN(CCCCCCCCCCCCCCCCCC)C(=O)CNC(=O)OC(C)(C)C. The highest BCUT2D eigenvalue weighted by Gasteiger charge is 2.18. The Balaban J connectivity index is 4.09. The van der Waals surface area contributed by atoms with Gasteiger partial charge in [-0.05, 0) is 59.3 Å². The topological polar surface area (TPSA) is 58.6 Å². The highest BCUT2D eigenvalue weighted by atomic mass is 16.6. The van der Waals surface area contributed by atoms with E-state index in [4.69, 9.17) is 4.74 Å². The number of alkyl carbamates (subject to hydrolysis) is 1. The van der Waals surface area contributed by atoms with Crippen LogP contribution in [-0.2, 0) is 9.53 Å². The molecule has 0 aliphatic rings. The molecule has 0 rings (SSSR count). The predicted molar refractivity (Wildman–Crippen MR) is 210 cm³/mol. The third kappa shape index (κ3) is 35.8. The summed E-state index contributed by atoms with van der Waals surface area (Å²) in [4.78, 5) is 27.1. The summed E-state index contributed by atoms with van der Waals surface area (Å²) in [6.45, 7) is 11.7. The molecule has 0 saturated heterocycles. The van der Waals surface area contributed by atoms with Crippen LogP contribution in [0.3, 0.4) is 0 Å². The molecule has 0 atom stereocenters. The molecule has 0 radical (unpaired) electrons. The van der Waals surface area contributed by atoms with E-state index in [-0.39, 0.29) is 12.5 Å². The Bertz CT molecular complexity index is 730. The lowest BCUT2D eigenvalue weighted by Crippen LogP contribution is -2.42. The van der Waals surface area contributed by atoms with Crippen molar-refractivity contribution in [2.45, 2.75) is 233 Å². The number of hydrogen-bond acceptors (Lipinski definition) is 3. The fourth-order valence-corrected chi connectivity index (χ4v) is 6.34. The molecule has 0 aromatic carbocycles. The average molecular weight is 677 g/mol. The largest absolute Gasteiger partial charge is 0.444 e. The van der Waals surface area contributed by atoms with Gasteiger partial charge in [0.1, 0.15) is 12.1 Å². The van der Waals surface area contributed by atoms with E-state index in [0.717, 1.165) is 32.4 Å². The Labute approximate surface area is 300 Å². The van der Waals surface area contributed by atoms with Gasteiger partial charge in [-0.25, -0.2) is 4.79 Å². The smallest absolute Gasteiger partial charge is 0.408 e. The molecule has 0 bridgehead atoms. The van der Waals surface area contributed by atoms with Gasteiger partial charge in [-0.15, -0.1) is 0 Å². The summed E-state index contributed by atoms with van der Waals surface area (Å²) in [5, 5.41) is 2.67.